The van der Waals surface area contributed by atoms with Crippen LogP contribution >= 0.6 is 0 Å². The fourth-order valence-corrected chi connectivity index (χ4v) is 22.0. The van der Waals surface area contributed by atoms with Crippen molar-refractivity contribution in [3.63, 3.8) is 0 Å². The van der Waals surface area contributed by atoms with E-state index >= 15 is 0 Å². The summed E-state index contributed by atoms with van der Waals surface area (Å²) in [7, 11) is -2.09. The minimum absolute atomic E-state index is 0. The molecule has 160 valence electrons. The number of halogens is 2. The van der Waals surface area contributed by atoms with E-state index in [1.54, 1.807) is 24.2 Å². The minimum Gasteiger partial charge on any atom is -1.00 e. The molecule has 0 amide bonds. The minimum atomic E-state index is -1.05. The third kappa shape index (κ3) is 4.39. The fraction of sp³-hybridized carbons (Fsp3) is 0.667. The normalized spacial score (nSPS) is 32.8. The Bertz CT molecular complexity index is 647. The zero-order chi connectivity index (χ0) is 19.2. The summed E-state index contributed by atoms with van der Waals surface area (Å²) in [5, 5.41) is 3.72. The third-order valence-corrected chi connectivity index (χ3v) is 27.9. The fourth-order valence-electron chi connectivity index (χ4n) is 5.99. The van der Waals surface area contributed by atoms with Gasteiger partial charge in [-0.15, -0.1) is 0 Å². The monoisotopic (exact) mass is 632 g/mol. The van der Waals surface area contributed by atoms with E-state index in [1.165, 1.54) is 37.8 Å². The summed E-state index contributed by atoms with van der Waals surface area (Å²) >= 11 is -0.931. The molecule has 2 unspecified atom stereocenters. The van der Waals surface area contributed by atoms with Crippen molar-refractivity contribution in [1.29, 1.82) is 0 Å². The molecular weight excluding hydrogens is 594 g/mol. The molecule has 29 heavy (non-hydrogen) atoms. The second kappa shape index (κ2) is 9.77. The van der Waals surface area contributed by atoms with Gasteiger partial charge in [0.05, 0.1) is 0 Å². The Hall–Kier alpha value is 0.844. The molecule has 2 heterocycles. The largest absolute Gasteiger partial charge is 1.00 e. The average Bonchev–Trinajstić information content (AvgIpc) is 3.21. The van der Waals surface area contributed by atoms with E-state index < -0.39 is 39.1 Å². The van der Waals surface area contributed by atoms with E-state index in [1.807, 2.05) is 10.4 Å². The summed E-state index contributed by atoms with van der Waals surface area (Å²) in [4.78, 5) is 0. The van der Waals surface area contributed by atoms with Gasteiger partial charge >= 0.3 is 182 Å². The van der Waals surface area contributed by atoms with Crippen molar-refractivity contribution < 1.29 is 47.7 Å². The predicted octanol–water partition coefficient (Wildman–Crippen LogP) is 2.03. The maximum atomic E-state index is 2.86. The summed E-state index contributed by atoms with van der Waals surface area (Å²) in [6, 6.07) is 9.23. The summed E-state index contributed by atoms with van der Waals surface area (Å²) in [6.07, 6.45) is 22.1. The summed E-state index contributed by atoms with van der Waals surface area (Å²) in [5.41, 5.74) is 0. The summed E-state index contributed by atoms with van der Waals surface area (Å²) < 4.78 is 1.01. The van der Waals surface area contributed by atoms with Gasteiger partial charge < -0.3 is 24.8 Å². The van der Waals surface area contributed by atoms with Gasteiger partial charge in [-0.3, -0.25) is 0 Å². The third-order valence-electron chi connectivity index (χ3n) is 8.78. The molecule has 2 atom stereocenters. The molecule has 2 aliphatic carbocycles. The smallest absolute Gasteiger partial charge is 1.00 e. The molecule has 2 saturated heterocycles. The molecular formula is C24H38Cl2HfSi2. The molecule has 0 radical (unpaired) electrons. The second-order valence-electron chi connectivity index (χ2n) is 9.75. The summed E-state index contributed by atoms with van der Waals surface area (Å²) in [6.45, 7) is 9.89. The maximum Gasteiger partial charge on any atom is -1.00 e. The Morgan fingerprint density at radius 1 is 0.724 bits per heavy atom. The molecule has 0 saturated carbocycles. The van der Waals surface area contributed by atoms with Crippen LogP contribution in [-0.2, 0) is 22.9 Å². The van der Waals surface area contributed by atoms with Crippen LogP contribution in [0.15, 0.2) is 46.8 Å². The van der Waals surface area contributed by atoms with Gasteiger partial charge in [-0.2, -0.15) is 0 Å². The zero-order valence-corrected chi connectivity index (χ0v) is 25.9. The Morgan fingerprint density at radius 2 is 1.10 bits per heavy atom. The second-order valence-corrected chi connectivity index (χ2v) is 27.0. The molecule has 0 nitrogen and oxygen atoms in total. The van der Waals surface area contributed by atoms with E-state index in [9.17, 15) is 0 Å². The van der Waals surface area contributed by atoms with Crippen LogP contribution < -0.4 is 24.8 Å². The first-order valence-electron chi connectivity index (χ1n) is 11.6. The quantitative estimate of drug-likeness (QED) is 0.360. The Labute approximate surface area is 205 Å². The SMILES string of the molecule is CC[C]1([Hf+2][C]2(CC)C=CC([Si]3(CC)CCC3)=C2)C=CC([Si]2(CC)CCC2)=C1.[Cl-].[Cl-]. The van der Waals surface area contributed by atoms with E-state index in [0.29, 0.717) is 6.34 Å². The van der Waals surface area contributed by atoms with Crippen LogP contribution in [0.2, 0.25) is 42.6 Å². The molecule has 0 spiro atoms. The van der Waals surface area contributed by atoms with E-state index in [0.717, 1.165) is 0 Å². The van der Waals surface area contributed by atoms with Crippen molar-refractivity contribution in [2.75, 3.05) is 0 Å². The average molecular weight is 632 g/mol. The molecule has 0 aromatic carbocycles. The Morgan fingerprint density at radius 3 is 1.34 bits per heavy atom. The molecule has 0 N–H and O–H groups in total. The number of hydrogen-bond donors (Lipinski definition) is 0. The van der Waals surface area contributed by atoms with Gasteiger partial charge in [0.15, 0.2) is 0 Å². The van der Waals surface area contributed by atoms with Crippen LogP contribution in [0.3, 0.4) is 0 Å². The van der Waals surface area contributed by atoms with Crippen molar-refractivity contribution in [3.8, 4) is 0 Å². The van der Waals surface area contributed by atoms with Crippen molar-refractivity contribution >= 4 is 16.1 Å². The first-order valence-corrected chi connectivity index (χ1v) is 20.5. The molecule has 4 aliphatic rings. The van der Waals surface area contributed by atoms with Gasteiger partial charge in [0.1, 0.15) is 0 Å². The van der Waals surface area contributed by atoms with Crippen LogP contribution in [-0.4, -0.2) is 16.1 Å². The molecule has 0 aromatic heterocycles. The van der Waals surface area contributed by atoms with Crippen molar-refractivity contribution in [3.05, 3.63) is 46.8 Å². The standard InChI is InChI=1S/2C12H19Si.2ClH.Hf/c2*1-3-11-6-7-12(10-11)13(4-2)8-5-9-13;;;/h2*6-7,10H,3-5,8-9H2,1-2H3;2*1H;/q;;;;+2/p-2. The molecule has 2 fully saturated rings. The van der Waals surface area contributed by atoms with Crippen LogP contribution in [0.25, 0.3) is 0 Å². The topological polar surface area (TPSA) is 0 Å². The van der Waals surface area contributed by atoms with Gasteiger partial charge in [0.25, 0.3) is 0 Å². The van der Waals surface area contributed by atoms with Crippen LogP contribution in [0.4, 0.5) is 0 Å². The molecule has 4 rings (SSSR count). The van der Waals surface area contributed by atoms with Gasteiger partial charge in [0.2, 0.25) is 0 Å². The van der Waals surface area contributed by atoms with Gasteiger partial charge in [-0.1, -0.05) is 0 Å². The zero-order valence-electron chi connectivity index (χ0n) is 18.8. The van der Waals surface area contributed by atoms with E-state index in [-0.39, 0.29) is 24.8 Å². The van der Waals surface area contributed by atoms with Crippen molar-refractivity contribution in [2.45, 2.75) is 96.0 Å². The van der Waals surface area contributed by atoms with Crippen LogP contribution in [0, 0.1) is 0 Å². The van der Waals surface area contributed by atoms with Crippen molar-refractivity contribution in [1.82, 2.24) is 0 Å². The molecule has 0 aromatic rings. The van der Waals surface area contributed by atoms with Gasteiger partial charge in [-0.25, -0.2) is 0 Å². The summed E-state index contributed by atoms with van der Waals surface area (Å²) in [5.74, 6) is 0. The van der Waals surface area contributed by atoms with E-state index in [4.69, 9.17) is 0 Å². The van der Waals surface area contributed by atoms with Crippen LogP contribution in [0.5, 0.6) is 0 Å². The Balaban J connectivity index is 0.00000150. The molecule has 5 heteroatoms. The number of allylic oxidation sites excluding steroid dienone is 8. The van der Waals surface area contributed by atoms with Crippen molar-refractivity contribution in [2.24, 2.45) is 0 Å². The predicted molar refractivity (Wildman–Crippen MR) is 121 cm³/mol. The molecule has 2 aliphatic heterocycles. The van der Waals surface area contributed by atoms with E-state index in [2.05, 4.69) is 64.2 Å². The first kappa shape index (κ1) is 26.1. The van der Waals surface area contributed by atoms with Crippen LogP contribution in [0.1, 0.15) is 53.4 Å². The maximum absolute atomic E-state index is 2.86. The number of hydrogen-bond acceptors (Lipinski definition) is 0. The first-order chi connectivity index (χ1) is 13.0. The Kier molecular flexibility index (Phi) is 8.79. The number of rotatable bonds is 8. The van der Waals surface area contributed by atoms with Gasteiger partial charge in [-0.05, 0) is 0 Å². The molecule has 0 bridgehead atoms. The van der Waals surface area contributed by atoms with Gasteiger partial charge in [0, 0.05) is 0 Å².